The minimum absolute atomic E-state index is 0.0886. The Morgan fingerprint density at radius 1 is 1.04 bits per heavy atom. The van der Waals surface area contributed by atoms with E-state index >= 15 is 0 Å². The number of nitrogens with zero attached hydrogens (tertiary/aromatic N) is 3. The summed E-state index contributed by atoms with van der Waals surface area (Å²) in [5, 5.41) is 2.04. The number of rotatable bonds is 2. The van der Waals surface area contributed by atoms with Crippen molar-refractivity contribution < 1.29 is 4.79 Å². The van der Waals surface area contributed by atoms with Gasteiger partial charge in [0.25, 0.3) is 5.91 Å². The average molecular weight is 309 g/mol. The van der Waals surface area contributed by atoms with Gasteiger partial charge in [-0.1, -0.05) is 24.3 Å². The van der Waals surface area contributed by atoms with Crippen LogP contribution in [-0.4, -0.2) is 52.9 Å². The van der Waals surface area contributed by atoms with Crippen molar-refractivity contribution in [2.45, 2.75) is 31.7 Å². The van der Waals surface area contributed by atoms with Crippen LogP contribution in [0.15, 0.2) is 36.5 Å². The molecule has 2 aliphatic rings. The number of carbonyl (C=O) groups excluding carboxylic acids is 1. The number of carbonyl (C=O) groups is 1. The van der Waals surface area contributed by atoms with Crippen LogP contribution < -0.4 is 0 Å². The molecule has 0 radical (unpaired) electrons. The largest absolute Gasteiger partial charge is 0.336 e. The SMILES string of the molecule is O=C(c1nccc2ccccc12)N1CCC[C@H](N2CCCC2)C1. The Morgan fingerprint density at radius 2 is 1.87 bits per heavy atom. The predicted molar refractivity (Wildman–Crippen MR) is 91.5 cm³/mol. The molecule has 1 amide bonds. The second kappa shape index (κ2) is 6.28. The van der Waals surface area contributed by atoms with Gasteiger partial charge < -0.3 is 4.90 Å². The van der Waals surface area contributed by atoms with Crippen LogP contribution in [0.25, 0.3) is 10.8 Å². The Labute approximate surface area is 137 Å². The van der Waals surface area contributed by atoms with E-state index in [1.54, 1.807) is 6.20 Å². The number of benzene rings is 1. The smallest absolute Gasteiger partial charge is 0.273 e. The standard InChI is InChI=1S/C19H23N3O/c23-19(18-17-8-2-1-6-15(17)9-10-20-18)22-13-5-7-16(14-22)21-11-3-4-12-21/h1-2,6,8-10,16H,3-5,7,11-14H2/t16-/m0/s1. The van der Waals surface area contributed by atoms with Gasteiger partial charge in [-0.05, 0) is 50.2 Å². The van der Waals surface area contributed by atoms with Crippen LogP contribution in [0.3, 0.4) is 0 Å². The van der Waals surface area contributed by atoms with Crippen molar-refractivity contribution in [3.63, 3.8) is 0 Å². The molecule has 0 aliphatic carbocycles. The quantitative estimate of drug-likeness (QED) is 0.856. The van der Waals surface area contributed by atoms with Gasteiger partial charge in [0, 0.05) is 30.7 Å². The van der Waals surface area contributed by atoms with Crippen molar-refractivity contribution in [1.82, 2.24) is 14.8 Å². The maximum absolute atomic E-state index is 13.0. The molecule has 4 rings (SSSR count). The molecule has 1 aromatic carbocycles. The third-order valence-electron chi connectivity index (χ3n) is 5.22. The molecule has 1 aromatic heterocycles. The molecule has 4 nitrogen and oxygen atoms in total. The van der Waals surface area contributed by atoms with E-state index in [2.05, 4.69) is 9.88 Å². The summed E-state index contributed by atoms with van der Waals surface area (Å²) in [5.41, 5.74) is 0.602. The molecule has 4 heteroatoms. The first-order valence-corrected chi connectivity index (χ1v) is 8.70. The van der Waals surface area contributed by atoms with Gasteiger partial charge in [-0.2, -0.15) is 0 Å². The van der Waals surface area contributed by atoms with E-state index in [1.165, 1.54) is 32.4 Å². The van der Waals surface area contributed by atoms with Gasteiger partial charge in [0.1, 0.15) is 5.69 Å². The van der Waals surface area contributed by atoms with Crippen molar-refractivity contribution in [3.8, 4) is 0 Å². The van der Waals surface area contributed by atoms with Gasteiger partial charge in [-0.15, -0.1) is 0 Å². The molecule has 2 aromatic rings. The highest BCUT2D eigenvalue weighted by atomic mass is 16.2. The highest BCUT2D eigenvalue weighted by Crippen LogP contribution is 2.23. The monoisotopic (exact) mass is 309 g/mol. The molecule has 2 saturated heterocycles. The van der Waals surface area contributed by atoms with Crippen molar-refractivity contribution >= 4 is 16.7 Å². The molecule has 0 saturated carbocycles. The van der Waals surface area contributed by atoms with Crippen LogP contribution in [0, 0.1) is 0 Å². The van der Waals surface area contributed by atoms with Crippen LogP contribution >= 0.6 is 0 Å². The second-order valence-corrected chi connectivity index (χ2v) is 6.67. The fraction of sp³-hybridized carbons (Fsp3) is 0.474. The van der Waals surface area contributed by atoms with Crippen LogP contribution in [0.1, 0.15) is 36.2 Å². The third-order valence-corrected chi connectivity index (χ3v) is 5.22. The first-order valence-electron chi connectivity index (χ1n) is 8.70. The van der Waals surface area contributed by atoms with E-state index in [4.69, 9.17) is 0 Å². The summed E-state index contributed by atoms with van der Waals surface area (Å²) >= 11 is 0. The molecule has 2 aliphatic heterocycles. The molecule has 0 bridgehead atoms. The number of fused-ring (bicyclic) bond motifs is 1. The van der Waals surface area contributed by atoms with Crippen molar-refractivity contribution in [2.24, 2.45) is 0 Å². The molecule has 2 fully saturated rings. The minimum atomic E-state index is 0.0886. The van der Waals surface area contributed by atoms with E-state index in [0.717, 1.165) is 30.3 Å². The number of amides is 1. The Kier molecular flexibility index (Phi) is 4.00. The molecule has 3 heterocycles. The molecule has 23 heavy (non-hydrogen) atoms. The minimum Gasteiger partial charge on any atom is -0.336 e. The van der Waals surface area contributed by atoms with E-state index < -0.39 is 0 Å². The lowest BCUT2D eigenvalue weighted by Gasteiger charge is -2.37. The molecule has 0 spiro atoms. The zero-order valence-electron chi connectivity index (χ0n) is 13.4. The number of piperidine rings is 1. The lowest BCUT2D eigenvalue weighted by molar-refractivity contribution is 0.0604. The first-order chi connectivity index (χ1) is 11.3. The summed E-state index contributed by atoms with van der Waals surface area (Å²) in [6, 6.07) is 10.5. The van der Waals surface area contributed by atoms with Crippen LogP contribution in [0.4, 0.5) is 0 Å². The van der Waals surface area contributed by atoms with E-state index in [-0.39, 0.29) is 5.91 Å². The van der Waals surface area contributed by atoms with Gasteiger partial charge in [-0.3, -0.25) is 14.7 Å². The Hall–Kier alpha value is -1.94. The number of hydrogen-bond acceptors (Lipinski definition) is 3. The lowest BCUT2D eigenvalue weighted by atomic mass is 10.0. The van der Waals surface area contributed by atoms with E-state index in [9.17, 15) is 4.79 Å². The average Bonchev–Trinajstić information content (AvgIpc) is 3.15. The number of likely N-dealkylation sites (tertiary alicyclic amines) is 2. The summed E-state index contributed by atoms with van der Waals surface area (Å²) in [4.78, 5) is 22.0. The zero-order valence-corrected chi connectivity index (χ0v) is 13.4. The fourth-order valence-corrected chi connectivity index (χ4v) is 3.98. The third kappa shape index (κ3) is 2.83. The molecule has 120 valence electrons. The highest BCUT2D eigenvalue weighted by Gasteiger charge is 2.30. The molecule has 0 N–H and O–H groups in total. The van der Waals surface area contributed by atoms with Crippen molar-refractivity contribution in [3.05, 3.63) is 42.2 Å². The maximum Gasteiger partial charge on any atom is 0.273 e. The van der Waals surface area contributed by atoms with Crippen molar-refractivity contribution in [2.75, 3.05) is 26.2 Å². The van der Waals surface area contributed by atoms with Gasteiger partial charge in [0.15, 0.2) is 0 Å². The summed E-state index contributed by atoms with van der Waals surface area (Å²) in [6.07, 6.45) is 6.66. The summed E-state index contributed by atoms with van der Waals surface area (Å²) in [7, 11) is 0. The van der Waals surface area contributed by atoms with Crippen LogP contribution in [-0.2, 0) is 0 Å². The molecular formula is C19H23N3O. The van der Waals surface area contributed by atoms with Crippen LogP contribution in [0.2, 0.25) is 0 Å². The molecular weight excluding hydrogens is 286 g/mol. The topological polar surface area (TPSA) is 36.4 Å². The Balaban J connectivity index is 1.57. The molecule has 1 atom stereocenters. The fourth-order valence-electron chi connectivity index (χ4n) is 3.98. The summed E-state index contributed by atoms with van der Waals surface area (Å²) in [6.45, 7) is 4.09. The number of aromatic nitrogens is 1. The van der Waals surface area contributed by atoms with E-state index in [1.807, 2.05) is 35.2 Å². The Morgan fingerprint density at radius 3 is 2.74 bits per heavy atom. The van der Waals surface area contributed by atoms with Crippen molar-refractivity contribution in [1.29, 1.82) is 0 Å². The number of pyridine rings is 1. The maximum atomic E-state index is 13.0. The zero-order chi connectivity index (χ0) is 15.6. The van der Waals surface area contributed by atoms with Gasteiger partial charge in [0.05, 0.1) is 0 Å². The van der Waals surface area contributed by atoms with Gasteiger partial charge in [0.2, 0.25) is 0 Å². The van der Waals surface area contributed by atoms with Crippen LogP contribution in [0.5, 0.6) is 0 Å². The first kappa shape index (κ1) is 14.6. The van der Waals surface area contributed by atoms with Gasteiger partial charge >= 0.3 is 0 Å². The Bertz CT molecular complexity index is 703. The number of hydrogen-bond donors (Lipinski definition) is 0. The lowest BCUT2D eigenvalue weighted by Crippen LogP contribution is -2.49. The predicted octanol–water partition coefficient (Wildman–Crippen LogP) is 2.94. The highest BCUT2D eigenvalue weighted by molar-refractivity contribution is 6.05. The van der Waals surface area contributed by atoms with Gasteiger partial charge in [-0.25, -0.2) is 0 Å². The normalized spacial score (nSPS) is 22.6. The second-order valence-electron chi connectivity index (χ2n) is 6.67. The summed E-state index contributed by atoms with van der Waals surface area (Å²) in [5.74, 6) is 0.0886. The van der Waals surface area contributed by atoms with E-state index in [0.29, 0.717) is 11.7 Å². The summed E-state index contributed by atoms with van der Waals surface area (Å²) < 4.78 is 0. The molecule has 0 unspecified atom stereocenters.